The number of esters is 1. The zero-order chi connectivity index (χ0) is 26.3. The fraction of sp³-hybridized carbons (Fsp3) is 0.680. The van der Waals surface area contributed by atoms with E-state index in [1.807, 2.05) is 13.0 Å². The van der Waals surface area contributed by atoms with E-state index in [9.17, 15) is 13.2 Å². The Bertz CT molecular complexity index is 1140. The average Bonchev–Trinajstić information content (AvgIpc) is 3.26. The first-order chi connectivity index (χ1) is 17.9. The van der Waals surface area contributed by atoms with Gasteiger partial charge in [-0.1, -0.05) is 25.1 Å². The second-order valence-corrected chi connectivity index (χ2v) is 12.5. The molecule has 0 amide bonds. The number of nitrogens with zero attached hydrogens (tertiary/aromatic N) is 4. The molecule has 206 valence electrons. The molecule has 1 atom stereocenters. The van der Waals surface area contributed by atoms with Crippen molar-refractivity contribution in [3.63, 3.8) is 0 Å². The third kappa shape index (κ3) is 7.24. The lowest BCUT2D eigenvalue weighted by atomic mass is 10.3. The Morgan fingerprint density at radius 2 is 1.78 bits per heavy atom. The van der Waals surface area contributed by atoms with Crippen LogP contribution in [0, 0.1) is 0 Å². The first kappa shape index (κ1) is 28.3. The van der Waals surface area contributed by atoms with Gasteiger partial charge in [0.25, 0.3) is 0 Å². The summed E-state index contributed by atoms with van der Waals surface area (Å²) in [4.78, 5) is 19.9. The van der Waals surface area contributed by atoms with Crippen LogP contribution >= 0.6 is 11.8 Å². The lowest BCUT2D eigenvalue weighted by molar-refractivity contribution is -0.142. The molecule has 0 unspecified atom stereocenters. The molecule has 1 aromatic heterocycles. The number of hydrogen-bond acceptors (Lipinski definition) is 9. The van der Waals surface area contributed by atoms with Gasteiger partial charge in [0.2, 0.25) is 10.0 Å². The first-order valence-corrected chi connectivity index (χ1v) is 15.4. The lowest BCUT2D eigenvalue weighted by Crippen LogP contribution is -2.40. The number of sulfonamides is 1. The number of aryl methyl sites for hydroxylation is 1. The number of benzene rings is 1. The molecule has 2 saturated heterocycles. The van der Waals surface area contributed by atoms with Crippen LogP contribution in [0.25, 0.3) is 11.0 Å². The maximum atomic E-state index is 13.2. The second kappa shape index (κ2) is 13.4. The van der Waals surface area contributed by atoms with Gasteiger partial charge in [-0.05, 0) is 38.0 Å². The predicted molar refractivity (Wildman–Crippen MR) is 142 cm³/mol. The van der Waals surface area contributed by atoms with Crippen molar-refractivity contribution in [2.24, 2.45) is 0 Å². The highest BCUT2D eigenvalue weighted by atomic mass is 32.2. The number of carbonyl (C=O) groups excluding carboxylic acids is 1. The van der Waals surface area contributed by atoms with Crippen molar-refractivity contribution < 1.29 is 27.4 Å². The van der Waals surface area contributed by atoms with Crippen molar-refractivity contribution in [3.8, 4) is 0 Å². The number of unbranched alkanes of at least 4 members (excludes halogenated alkanes) is 1. The van der Waals surface area contributed by atoms with Crippen LogP contribution in [0.5, 0.6) is 0 Å². The number of carbonyl (C=O) groups is 1. The van der Waals surface area contributed by atoms with Gasteiger partial charge in [-0.2, -0.15) is 4.31 Å². The zero-order valence-electron chi connectivity index (χ0n) is 21.8. The summed E-state index contributed by atoms with van der Waals surface area (Å²) in [6.45, 7) is 10.8. The number of hydrogen-bond donors (Lipinski definition) is 0. The Morgan fingerprint density at radius 1 is 1.08 bits per heavy atom. The standard InChI is InChI=1S/C25H38N4O6S2/c1-3-4-14-35-24(30)20(2)36-25-26-22-19-21(37(31,32)28-12-17-34-18-13-28)6-7-23(22)29(25)9-5-8-27-10-15-33-16-11-27/h6-7,19-20H,3-5,8-18H2,1-2H3/t20-/m1/s1. The summed E-state index contributed by atoms with van der Waals surface area (Å²) in [6.07, 6.45) is 2.70. The van der Waals surface area contributed by atoms with Crippen molar-refractivity contribution in [1.82, 2.24) is 18.8 Å². The topological polar surface area (TPSA) is 103 Å². The molecule has 2 fully saturated rings. The number of imidazole rings is 1. The Labute approximate surface area is 223 Å². The fourth-order valence-electron chi connectivity index (χ4n) is 4.41. The number of aromatic nitrogens is 2. The molecule has 0 aliphatic carbocycles. The molecule has 2 aliphatic heterocycles. The van der Waals surface area contributed by atoms with Gasteiger partial charge in [0.15, 0.2) is 5.16 Å². The summed E-state index contributed by atoms with van der Waals surface area (Å²) in [7, 11) is -3.63. The maximum Gasteiger partial charge on any atom is 0.319 e. The molecule has 0 N–H and O–H groups in total. The van der Waals surface area contributed by atoms with Crippen LogP contribution in [0.2, 0.25) is 0 Å². The largest absolute Gasteiger partial charge is 0.465 e. The van der Waals surface area contributed by atoms with Gasteiger partial charge in [0.05, 0.1) is 49.0 Å². The van der Waals surface area contributed by atoms with Crippen LogP contribution in [0.15, 0.2) is 28.3 Å². The van der Waals surface area contributed by atoms with Crippen molar-refractivity contribution >= 4 is 38.8 Å². The normalized spacial score (nSPS) is 18.8. The number of morpholine rings is 2. The summed E-state index contributed by atoms with van der Waals surface area (Å²) in [5.74, 6) is -0.263. The summed E-state index contributed by atoms with van der Waals surface area (Å²) in [5, 5.41) is 0.265. The first-order valence-electron chi connectivity index (χ1n) is 13.1. The van der Waals surface area contributed by atoms with E-state index in [1.54, 1.807) is 12.1 Å². The fourth-order valence-corrected chi connectivity index (χ4v) is 6.78. The Morgan fingerprint density at radius 3 is 2.49 bits per heavy atom. The average molecular weight is 555 g/mol. The van der Waals surface area contributed by atoms with Crippen LogP contribution in [0.4, 0.5) is 0 Å². The molecule has 12 heteroatoms. The number of rotatable bonds is 12. The zero-order valence-corrected chi connectivity index (χ0v) is 23.4. The van der Waals surface area contributed by atoms with Crippen molar-refractivity contribution in [3.05, 3.63) is 18.2 Å². The van der Waals surface area contributed by atoms with E-state index in [4.69, 9.17) is 19.2 Å². The van der Waals surface area contributed by atoms with E-state index < -0.39 is 15.3 Å². The Hall–Kier alpha value is -1.70. The quantitative estimate of drug-likeness (QED) is 0.222. The van der Waals surface area contributed by atoms with Crippen LogP contribution in [-0.4, -0.2) is 104 Å². The third-order valence-corrected chi connectivity index (χ3v) is 9.57. The maximum absolute atomic E-state index is 13.2. The molecule has 3 heterocycles. The van der Waals surface area contributed by atoms with Crippen molar-refractivity contribution in [2.45, 2.75) is 55.0 Å². The van der Waals surface area contributed by atoms with Crippen LogP contribution in [0.1, 0.15) is 33.1 Å². The van der Waals surface area contributed by atoms with Crippen molar-refractivity contribution in [2.75, 3.05) is 65.8 Å². The molecule has 2 aliphatic rings. The van der Waals surface area contributed by atoms with Crippen LogP contribution < -0.4 is 0 Å². The second-order valence-electron chi connectivity index (χ2n) is 9.30. The van der Waals surface area contributed by atoms with Gasteiger partial charge in [0.1, 0.15) is 5.25 Å². The third-order valence-electron chi connectivity index (χ3n) is 6.61. The molecular formula is C25H38N4O6S2. The van der Waals surface area contributed by atoms with Crippen LogP contribution in [-0.2, 0) is 35.6 Å². The van der Waals surface area contributed by atoms with Gasteiger partial charge in [0, 0.05) is 39.3 Å². The Kier molecular flexibility index (Phi) is 10.2. The molecular weight excluding hydrogens is 516 g/mol. The lowest BCUT2D eigenvalue weighted by Gasteiger charge is -2.26. The monoisotopic (exact) mass is 554 g/mol. The number of fused-ring (bicyclic) bond motifs is 1. The summed E-state index contributed by atoms with van der Waals surface area (Å²) < 4.78 is 46.2. The van der Waals surface area contributed by atoms with Gasteiger partial charge in [-0.25, -0.2) is 13.4 Å². The summed E-state index contributed by atoms with van der Waals surface area (Å²) in [5.41, 5.74) is 1.46. The van der Waals surface area contributed by atoms with E-state index in [0.717, 1.165) is 57.6 Å². The van der Waals surface area contributed by atoms with Gasteiger partial charge >= 0.3 is 5.97 Å². The molecule has 37 heavy (non-hydrogen) atoms. The molecule has 0 radical (unpaired) electrons. The molecule has 4 rings (SSSR count). The van der Waals surface area contributed by atoms with Gasteiger partial charge in [-0.3, -0.25) is 9.69 Å². The molecule has 0 spiro atoms. The summed E-state index contributed by atoms with van der Waals surface area (Å²) in [6, 6.07) is 5.13. The van der Waals surface area contributed by atoms with E-state index in [1.165, 1.54) is 16.1 Å². The minimum absolute atomic E-state index is 0.225. The SMILES string of the molecule is CCCCOC(=O)[C@@H](C)Sc1nc2cc(S(=O)(=O)N3CCOCC3)ccc2n1CCCN1CCOCC1. The number of ether oxygens (including phenoxy) is 3. The predicted octanol–water partition coefficient (Wildman–Crippen LogP) is 2.60. The molecule has 0 saturated carbocycles. The Balaban J connectivity index is 1.56. The van der Waals surface area contributed by atoms with E-state index in [2.05, 4.69) is 16.4 Å². The van der Waals surface area contributed by atoms with Crippen LogP contribution in [0.3, 0.4) is 0 Å². The van der Waals surface area contributed by atoms with Gasteiger partial charge in [-0.15, -0.1) is 0 Å². The highest BCUT2D eigenvalue weighted by molar-refractivity contribution is 8.00. The highest BCUT2D eigenvalue weighted by Gasteiger charge is 2.28. The smallest absolute Gasteiger partial charge is 0.319 e. The summed E-state index contributed by atoms with van der Waals surface area (Å²) >= 11 is 1.36. The van der Waals surface area contributed by atoms with Gasteiger partial charge < -0.3 is 18.8 Å². The van der Waals surface area contributed by atoms with E-state index in [0.29, 0.717) is 50.1 Å². The van der Waals surface area contributed by atoms with E-state index >= 15 is 0 Å². The molecule has 0 bridgehead atoms. The number of thioether (sulfide) groups is 1. The molecule has 10 nitrogen and oxygen atoms in total. The highest BCUT2D eigenvalue weighted by Crippen LogP contribution is 2.30. The van der Waals surface area contributed by atoms with E-state index in [-0.39, 0.29) is 10.9 Å². The molecule has 2 aromatic rings. The molecule has 1 aromatic carbocycles. The van der Waals surface area contributed by atoms with Crippen molar-refractivity contribution in [1.29, 1.82) is 0 Å². The minimum Gasteiger partial charge on any atom is -0.465 e. The minimum atomic E-state index is -3.63.